The lowest BCUT2D eigenvalue weighted by Gasteiger charge is -2.28. The summed E-state index contributed by atoms with van der Waals surface area (Å²) < 4.78 is 50.7. The fourth-order valence-electron chi connectivity index (χ4n) is 5.51. The third-order valence-corrected chi connectivity index (χ3v) is 7.49. The number of amides is 1. The molecule has 1 N–H and O–H groups in total. The van der Waals surface area contributed by atoms with Crippen LogP contribution in [0.5, 0.6) is 5.75 Å². The molecule has 0 aliphatic heterocycles. The van der Waals surface area contributed by atoms with Crippen LogP contribution < -0.4 is 10.1 Å². The number of esters is 1. The van der Waals surface area contributed by atoms with Gasteiger partial charge in [0.1, 0.15) is 24.0 Å². The molecule has 0 saturated heterocycles. The molecule has 3 atom stereocenters. The third-order valence-electron chi connectivity index (χ3n) is 7.49. The fraction of sp³-hybridized carbons (Fsp3) is 0.419. The van der Waals surface area contributed by atoms with Crippen LogP contribution >= 0.6 is 0 Å². The number of carbonyl (C=O) groups is 2. The number of benzene rings is 3. The highest BCUT2D eigenvalue weighted by atomic mass is 19.4. The van der Waals surface area contributed by atoms with E-state index in [1.165, 1.54) is 18.6 Å². The molecular weight excluding hydrogens is 507 g/mol. The predicted octanol–water partition coefficient (Wildman–Crippen LogP) is 6.92. The average Bonchev–Trinajstić information content (AvgIpc) is 3.48. The first kappa shape index (κ1) is 27.0. The highest BCUT2D eigenvalue weighted by Gasteiger charge is 2.50. The van der Waals surface area contributed by atoms with Crippen molar-refractivity contribution in [3.05, 3.63) is 77.4 Å². The molecule has 2 fully saturated rings. The van der Waals surface area contributed by atoms with E-state index in [1.54, 1.807) is 26.8 Å². The zero-order valence-electron chi connectivity index (χ0n) is 22.2. The molecule has 8 heteroatoms. The molecule has 3 aromatic carbocycles. The largest absolute Gasteiger partial charge is 0.487 e. The van der Waals surface area contributed by atoms with Gasteiger partial charge in [-0.15, -0.1) is 0 Å². The van der Waals surface area contributed by atoms with Crippen LogP contribution in [0, 0.1) is 17.8 Å². The number of carbonyl (C=O) groups excluding carboxylic acids is 2. The minimum absolute atomic E-state index is 0.00419. The molecule has 39 heavy (non-hydrogen) atoms. The Balaban J connectivity index is 1.41. The zero-order chi connectivity index (χ0) is 27.9. The first-order chi connectivity index (χ1) is 18.4. The summed E-state index contributed by atoms with van der Waals surface area (Å²) in [5.41, 5.74) is -0.661. The van der Waals surface area contributed by atoms with E-state index >= 15 is 0 Å². The van der Waals surface area contributed by atoms with E-state index in [9.17, 15) is 22.8 Å². The van der Waals surface area contributed by atoms with Crippen LogP contribution in [0.2, 0.25) is 0 Å². The SMILES string of the molecule is CC(C)(C)OC(=O)C(NC(=O)c1ccc2ccccc2c1OCc1ccc(C(F)(F)F)cc1)C1CC2CC2C1. The molecule has 0 heterocycles. The summed E-state index contributed by atoms with van der Waals surface area (Å²) in [6.45, 7) is 5.36. The number of alkyl halides is 3. The fourth-order valence-corrected chi connectivity index (χ4v) is 5.51. The third kappa shape index (κ3) is 6.21. The second kappa shape index (κ2) is 10.2. The number of hydrogen-bond donors (Lipinski definition) is 1. The molecule has 5 rings (SSSR count). The van der Waals surface area contributed by atoms with E-state index in [1.807, 2.05) is 30.3 Å². The van der Waals surface area contributed by atoms with Gasteiger partial charge in [-0.25, -0.2) is 4.79 Å². The van der Waals surface area contributed by atoms with E-state index in [2.05, 4.69) is 5.32 Å². The Kier molecular flexibility index (Phi) is 7.08. The van der Waals surface area contributed by atoms with Crippen LogP contribution in [-0.2, 0) is 22.3 Å². The van der Waals surface area contributed by atoms with Crippen LogP contribution in [0.4, 0.5) is 13.2 Å². The Morgan fingerprint density at radius 1 is 0.923 bits per heavy atom. The second-order valence-corrected chi connectivity index (χ2v) is 11.6. The van der Waals surface area contributed by atoms with Gasteiger partial charge in [0.2, 0.25) is 0 Å². The van der Waals surface area contributed by atoms with E-state index < -0.39 is 35.3 Å². The summed E-state index contributed by atoms with van der Waals surface area (Å²) in [7, 11) is 0. The van der Waals surface area contributed by atoms with E-state index in [-0.39, 0.29) is 18.1 Å². The molecule has 0 radical (unpaired) electrons. The standard InChI is InChI=1S/C31H32F3NO4/c1-30(2,3)39-29(37)26(22-15-20-14-21(20)16-22)35-28(36)25-13-10-19-6-4-5-7-24(19)27(25)38-17-18-8-11-23(12-9-18)31(32,33)34/h4-13,20-22,26H,14-17H2,1-3H3,(H,35,36). The predicted molar refractivity (Wildman–Crippen MR) is 141 cm³/mol. The molecule has 2 aliphatic carbocycles. The van der Waals surface area contributed by atoms with Crippen molar-refractivity contribution in [2.45, 2.75) is 64.5 Å². The van der Waals surface area contributed by atoms with Crippen molar-refractivity contribution in [3.8, 4) is 5.75 Å². The van der Waals surface area contributed by atoms with Crippen molar-refractivity contribution in [2.75, 3.05) is 0 Å². The van der Waals surface area contributed by atoms with E-state index in [0.717, 1.165) is 30.4 Å². The molecule has 5 nitrogen and oxygen atoms in total. The number of rotatable bonds is 7. The van der Waals surface area contributed by atoms with Gasteiger partial charge in [-0.05, 0) is 86.9 Å². The molecule has 0 bridgehead atoms. The topological polar surface area (TPSA) is 64.6 Å². The smallest absolute Gasteiger partial charge is 0.416 e. The molecule has 3 aromatic rings. The summed E-state index contributed by atoms with van der Waals surface area (Å²) in [5.74, 6) is 0.627. The van der Waals surface area contributed by atoms with Gasteiger partial charge >= 0.3 is 12.1 Å². The molecule has 0 spiro atoms. The molecule has 0 aromatic heterocycles. The summed E-state index contributed by atoms with van der Waals surface area (Å²) in [6.07, 6.45) is -1.49. The first-order valence-corrected chi connectivity index (χ1v) is 13.2. The molecule has 1 amide bonds. The summed E-state index contributed by atoms with van der Waals surface area (Å²) >= 11 is 0. The number of nitrogens with one attached hydrogen (secondary N) is 1. The maximum absolute atomic E-state index is 13.7. The van der Waals surface area contributed by atoms with Crippen molar-refractivity contribution in [3.63, 3.8) is 0 Å². The maximum Gasteiger partial charge on any atom is 0.416 e. The van der Waals surface area contributed by atoms with Crippen molar-refractivity contribution in [2.24, 2.45) is 17.8 Å². The lowest BCUT2D eigenvalue weighted by Crippen LogP contribution is -2.48. The van der Waals surface area contributed by atoms with Gasteiger partial charge in [0.15, 0.2) is 0 Å². The number of hydrogen-bond acceptors (Lipinski definition) is 4. The number of fused-ring (bicyclic) bond motifs is 2. The lowest BCUT2D eigenvalue weighted by molar-refractivity contribution is -0.158. The van der Waals surface area contributed by atoms with Crippen molar-refractivity contribution in [1.29, 1.82) is 0 Å². The first-order valence-electron chi connectivity index (χ1n) is 13.2. The lowest BCUT2D eigenvalue weighted by atomic mass is 9.93. The van der Waals surface area contributed by atoms with Crippen molar-refractivity contribution < 1.29 is 32.2 Å². The Labute approximate surface area is 225 Å². The monoisotopic (exact) mass is 539 g/mol. The van der Waals surface area contributed by atoms with E-state index in [4.69, 9.17) is 9.47 Å². The summed E-state index contributed by atoms with van der Waals surface area (Å²) in [6, 6.07) is 14.8. The summed E-state index contributed by atoms with van der Waals surface area (Å²) in [4.78, 5) is 26.9. The Morgan fingerprint density at radius 2 is 1.59 bits per heavy atom. The van der Waals surface area contributed by atoms with Crippen LogP contribution in [0.15, 0.2) is 60.7 Å². The normalized spacial score (nSPS) is 21.2. The zero-order valence-corrected chi connectivity index (χ0v) is 22.2. The second-order valence-electron chi connectivity index (χ2n) is 11.6. The van der Waals surface area contributed by atoms with Crippen LogP contribution in [0.3, 0.4) is 0 Å². The molecule has 2 aliphatic rings. The van der Waals surface area contributed by atoms with Gasteiger partial charge < -0.3 is 14.8 Å². The molecular formula is C31H32F3NO4. The molecule has 3 unspecified atom stereocenters. The highest BCUT2D eigenvalue weighted by Crippen LogP contribution is 2.55. The average molecular weight is 540 g/mol. The Hall–Kier alpha value is -3.55. The Morgan fingerprint density at radius 3 is 2.23 bits per heavy atom. The quantitative estimate of drug-likeness (QED) is 0.331. The molecule has 2 saturated carbocycles. The Bertz CT molecular complexity index is 1370. The van der Waals surface area contributed by atoms with Crippen LogP contribution in [0.1, 0.15) is 61.5 Å². The van der Waals surface area contributed by atoms with Crippen molar-refractivity contribution >= 4 is 22.6 Å². The van der Waals surface area contributed by atoms with Gasteiger partial charge in [-0.2, -0.15) is 13.2 Å². The highest BCUT2D eigenvalue weighted by molar-refractivity contribution is 6.05. The van der Waals surface area contributed by atoms with Gasteiger partial charge in [-0.1, -0.05) is 42.5 Å². The summed E-state index contributed by atoms with van der Waals surface area (Å²) in [5, 5.41) is 4.48. The van der Waals surface area contributed by atoms with Crippen LogP contribution in [-0.4, -0.2) is 23.5 Å². The van der Waals surface area contributed by atoms with Gasteiger partial charge in [0, 0.05) is 5.39 Å². The van der Waals surface area contributed by atoms with E-state index in [0.29, 0.717) is 28.5 Å². The number of ether oxygens (including phenoxy) is 2. The minimum atomic E-state index is -4.43. The van der Waals surface area contributed by atoms with Gasteiger partial charge in [0.05, 0.1) is 11.1 Å². The maximum atomic E-state index is 13.7. The van der Waals surface area contributed by atoms with Crippen LogP contribution in [0.25, 0.3) is 10.8 Å². The molecule has 206 valence electrons. The van der Waals surface area contributed by atoms with Gasteiger partial charge in [-0.3, -0.25) is 4.79 Å². The minimum Gasteiger partial charge on any atom is -0.487 e. The van der Waals surface area contributed by atoms with Crippen molar-refractivity contribution in [1.82, 2.24) is 5.32 Å². The van der Waals surface area contributed by atoms with Gasteiger partial charge in [0.25, 0.3) is 5.91 Å². The number of halogens is 3.